The Labute approximate surface area is 144 Å². The standard InChI is InChI=1S/C15H25N3S.HI/c1-5-12(3)18-15(16-6-2)17-11-13-7-9-14(19-4)10-8-13;/h7-10,12H,5-6,11H2,1-4H3,(H2,16,17,18);1H. The predicted molar refractivity (Wildman–Crippen MR) is 101 cm³/mol. The van der Waals surface area contributed by atoms with Crippen LogP contribution >= 0.6 is 35.7 Å². The number of nitrogens with one attached hydrogen (secondary N) is 2. The monoisotopic (exact) mass is 407 g/mol. The molecule has 1 unspecified atom stereocenters. The van der Waals surface area contributed by atoms with Gasteiger partial charge in [0.1, 0.15) is 0 Å². The maximum absolute atomic E-state index is 4.61. The molecular weight excluding hydrogens is 381 g/mol. The van der Waals surface area contributed by atoms with E-state index < -0.39 is 0 Å². The van der Waals surface area contributed by atoms with Crippen LogP contribution in [0.3, 0.4) is 0 Å². The summed E-state index contributed by atoms with van der Waals surface area (Å²) in [4.78, 5) is 5.90. The number of hydrogen-bond donors (Lipinski definition) is 2. The lowest BCUT2D eigenvalue weighted by Crippen LogP contribution is -2.41. The van der Waals surface area contributed by atoms with Crippen molar-refractivity contribution in [2.75, 3.05) is 12.8 Å². The minimum absolute atomic E-state index is 0. The van der Waals surface area contributed by atoms with E-state index in [4.69, 9.17) is 0 Å². The van der Waals surface area contributed by atoms with E-state index in [9.17, 15) is 0 Å². The summed E-state index contributed by atoms with van der Waals surface area (Å²) in [5.41, 5.74) is 1.24. The van der Waals surface area contributed by atoms with Crippen molar-refractivity contribution < 1.29 is 0 Å². The van der Waals surface area contributed by atoms with Crippen LogP contribution in [0.1, 0.15) is 32.8 Å². The number of aliphatic imine (C=N–C) groups is 1. The highest BCUT2D eigenvalue weighted by atomic mass is 127. The first-order chi connectivity index (χ1) is 9.19. The molecule has 0 fully saturated rings. The molecule has 5 heteroatoms. The second kappa shape index (κ2) is 11.3. The summed E-state index contributed by atoms with van der Waals surface area (Å²) in [5.74, 6) is 0.894. The van der Waals surface area contributed by atoms with Gasteiger partial charge in [0, 0.05) is 17.5 Å². The smallest absolute Gasteiger partial charge is 0.191 e. The maximum atomic E-state index is 4.61. The fourth-order valence-electron chi connectivity index (χ4n) is 1.56. The van der Waals surface area contributed by atoms with E-state index >= 15 is 0 Å². The van der Waals surface area contributed by atoms with Crippen LogP contribution in [0.5, 0.6) is 0 Å². The molecule has 0 aromatic heterocycles. The summed E-state index contributed by atoms with van der Waals surface area (Å²) in [7, 11) is 0. The topological polar surface area (TPSA) is 36.4 Å². The van der Waals surface area contributed by atoms with Crippen LogP contribution in [0.4, 0.5) is 0 Å². The number of guanidine groups is 1. The normalized spacial score (nSPS) is 12.5. The first-order valence-electron chi connectivity index (χ1n) is 6.87. The molecule has 0 spiro atoms. The SMILES string of the molecule is CCNC(=NCc1ccc(SC)cc1)NC(C)CC.I. The van der Waals surface area contributed by atoms with Crippen molar-refractivity contribution >= 4 is 41.7 Å². The maximum Gasteiger partial charge on any atom is 0.191 e. The second-order valence-electron chi connectivity index (χ2n) is 4.50. The molecule has 0 radical (unpaired) electrons. The zero-order valence-corrected chi connectivity index (χ0v) is 15.9. The Bertz CT molecular complexity index is 393. The Morgan fingerprint density at radius 3 is 2.40 bits per heavy atom. The molecule has 0 saturated heterocycles. The average Bonchev–Trinajstić information content (AvgIpc) is 2.45. The third kappa shape index (κ3) is 7.38. The molecule has 0 heterocycles. The highest BCUT2D eigenvalue weighted by Crippen LogP contribution is 2.15. The van der Waals surface area contributed by atoms with E-state index in [1.54, 1.807) is 11.8 Å². The number of rotatable bonds is 6. The molecule has 0 saturated carbocycles. The molecule has 0 amide bonds. The van der Waals surface area contributed by atoms with Crippen molar-refractivity contribution in [3.05, 3.63) is 29.8 Å². The van der Waals surface area contributed by atoms with E-state index in [1.165, 1.54) is 10.5 Å². The fraction of sp³-hybridized carbons (Fsp3) is 0.533. The third-order valence-corrected chi connectivity index (χ3v) is 3.66. The van der Waals surface area contributed by atoms with Gasteiger partial charge in [0.25, 0.3) is 0 Å². The van der Waals surface area contributed by atoms with Crippen molar-refractivity contribution in [3.63, 3.8) is 0 Å². The second-order valence-corrected chi connectivity index (χ2v) is 5.38. The van der Waals surface area contributed by atoms with Crippen LogP contribution < -0.4 is 10.6 Å². The molecule has 20 heavy (non-hydrogen) atoms. The van der Waals surface area contributed by atoms with Crippen molar-refractivity contribution in [1.29, 1.82) is 0 Å². The summed E-state index contributed by atoms with van der Waals surface area (Å²) in [5, 5.41) is 6.67. The minimum atomic E-state index is 0. The van der Waals surface area contributed by atoms with Crippen LogP contribution in [0.25, 0.3) is 0 Å². The van der Waals surface area contributed by atoms with Gasteiger partial charge in [0.2, 0.25) is 0 Å². The molecule has 1 aromatic rings. The first-order valence-corrected chi connectivity index (χ1v) is 8.09. The van der Waals surface area contributed by atoms with Gasteiger partial charge >= 0.3 is 0 Å². The molecule has 0 aliphatic rings. The fourth-order valence-corrected chi connectivity index (χ4v) is 1.97. The zero-order chi connectivity index (χ0) is 14.1. The average molecular weight is 407 g/mol. The molecule has 114 valence electrons. The number of nitrogens with zero attached hydrogens (tertiary/aromatic N) is 1. The van der Waals surface area contributed by atoms with Gasteiger partial charge in [-0.3, -0.25) is 0 Å². The quantitative estimate of drug-likeness (QED) is 0.325. The van der Waals surface area contributed by atoms with Gasteiger partial charge in [-0.25, -0.2) is 4.99 Å². The van der Waals surface area contributed by atoms with Crippen LogP contribution in [0.15, 0.2) is 34.2 Å². The highest BCUT2D eigenvalue weighted by Gasteiger charge is 2.02. The van der Waals surface area contributed by atoms with E-state index in [-0.39, 0.29) is 24.0 Å². The van der Waals surface area contributed by atoms with Gasteiger partial charge in [0.15, 0.2) is 5.96 Å². The summed E-state index contributed by atoms with van der Waals surface area (Å²) in [6, 6.07) is 9.01. The molecule has 0 aliphatic heterocycles. The summed E-state index contributed by atoms with van der Waals surface area (Å²) in [6.07, 6.45) is 3.18. The van der Waals surface area contributed by atoms with E-state index in [2.05, 4.69) is 66.9 Å². The first kappa shape index (κ1) is 19.6. The molecule has 2 N–H and O–H groups in total. The molecule has 0 aliphatic carbocycles. The Morgan fingerprint density at radius 1 is 1.25 bits per heavy atom. The summed E-state index contributed by atoms with van der Waals surface area (Å²) < 4.78 is 0. The van der Waals surface area contributed by atoms with E-state index in [0.29, 0.717) is 12.6 Å². The molecule has 0 bridgehead atoms. The molecule has 1 rings (SSSR count). The largest absolute Gasteiger partial charge is 0.357 e. The lowest BCUT2D eigenvalue weighted by Gasteiger charge is -2.16. The number of thioether (sulfide) groups is 1. The zero-order valence-electron chi connectivity index (χ0n) is 12.8. The van der Waals surface area contributed by atoms with Crippen LogP contribution in [-0.4, -0.2) is 24.8 Å². The lowest BCUT2D eigenvalue weighted by atomic mass is 10.2. The van der Waals surface area contributed by atoms with Gasteiger partial charge in [0.05, 0.1) is 6.54 Å². The van der Waals surface area contributed by atoms with Gasteiger partial charge in [-0.15, -0.1) is 35.7 Å². The minimum Gasteiger partial charge on any atom is -0.357 e. The number of halogens is 1. The van der Waals surface area contributed by atoms with Gasteiger partial charge in [-0.05, 0) is 44.2 Å². The van der Waals surface area contributed by atoms with Crippen molar-refractivity contribution in [1.82, 2.24) is 10.6 Å². The summed E-state index contributed by atoms with van der Waals surface area (Å²) in [6.45, 7) is 8.01. The molecule has 3 nitrogen and oxygen atoms in total. The van der Waals surface area contributed by atoms with E-state index in [1.807, 2.05) is 0 Å². The number of hydrogen-bond acceptors (Lipinski definition) is 2. The van der Waals surface area contributed by atoms with Crippen molar-refractivity contribution in [3.8, 4) is 0 Å². The Hall–Kier alpha value is -0.430. The Morgan fingerprint density at radius 2 is 1.90 bits per heavy atom. The Kier molecular flexibility index (Phi) is 11.0. The van der Waals surface area contributed by atoms with Gasteiger partial charge < -0.3 is 10.6 Å². The van der Waals surface area contributed by atoms with Crippen LogP contribution in [-0.2, 0) is 6.54 Å². The van der Waals surface area contributed by atoms with E-state index in [0.717, 1.165) is 18.9 Å². The molecule has 1 aromatic carbocycles. The molecule has 1 atom stereocenters. The van der Waals surface area contributed by atoms with Crippen LogP contribution in [0, 0.1) is 0 Å². The number of benzene rings is 1. The molecular formula is C15H26IN3S. The third-order valence-electron chi connectivity index (χ3n) is 2.92. The van der Waals surface area contributed by atoms with Gasteiger partial charge in [-0.1, -0.05) is 19.1 Å². The van der Waals surface area contributed by atoms with Crippen LogP contribution in [0.2, 0.25) is 0 Å². The highest BCUT2D eigenvalue weighted by molar-refractivity contribution is 14.0. The predicted octanol–water partition coefficient (Wildman–Crippen LogP) is 3.88. The lowest BCUT2D eigenvalue weighted by molar-refractivity contribution is 0.624. The van der Waals surface area contributed by atoms with Crippen molar-refractivity contribution in [2.24, 2.45) is 4.99 Å². The summed E-state index contributed by atoms with van der Waals surface area (Å²) >= 11 is 1.76. The van der Waals surface area contributed by atoms with Gasteiger partial charge in [-0.2, -0.15) is 0 Å². The van der Waals surface area contributed by atoms with Crippen molar-refractivity contribution in [2.45, 2.75) is 44.7 Å². The Balaban J connectivity index is 0.00000361.